The van der Waals surface area contributed by atoms with Crippen molar-refractivity contribution < 1.29 is 14.3 Å². The van der Waals surface area contributed by atoms with Crippen molar-refractivity contribution in [2.45, 2.75) is 20.3 Å². The van der Waals surface area contributed by atoms with E-state index in [-0.39, 0.29) is 18.3 Å². The zero-order valence-electron chi connectivity index (χ0n) is 9.93. The van der Waals surface area contributed by atoms with Crippen molar-refractivity contribution in [1.29, 1.82) is 0 Å². The van der Waals surface area contributed by atoms with Crippen LogP contribution in [0.2, 0.25) is 0 Å². The van der Waals surface area contributed by atoms with Crippen LogP contribution >= 0.6 is 0 Å². The number of carbonyl (C=O) groups is 1. The summed E-state index contributed by atoms with van der Waals surface area (Å²) >= 11 is 0. The van der Waals surface area contributed by atoms with Crippen LogP contribution in [0.5, 0.6) is 0 Å². The lowest BCUT2D eigenvalue weighted by Gasteiger charge is -2.09. The van der Waals surface area contributed by atoms with Crippen molar-refractivity contribution in [3.63, 3.8) is 0 Å². The maximum absolute atomic E-state index is 12.0. The van der Waals surface area contributed by atoms with E-state index in [1.807, 2.05) is 6.92 Å². The molecule has 4 heteroatoms. The first-order chi connectivity index (χ1) is 8.15. The molecule has 1 aromatic heterocycles. The summed E-state index contributed by atoms with van der Waals surface area (Å²) in [5, 5.41) is 9.12. The zero-order chi connectivity index (χ0) is 12.4. The average Bonchev–Trinajstić information content (AvgIpc) is 2.69. The molecule has 0 spiro atoms. The summed E-state index contributed by atoms with van der Waals surface area (Å²) in [6.07, 6.45) is 0.630. The summed E-state index contributed by atoms with van der Waals surface area (Å²) in [5.41, 5.74) is 1.93. The molecule has 0 bridgehead atoms. The Morgan fingerprint density at radius 2 is 2.29 bits per heavy atom. The monoisotopic (exact) mass is 233 g/mol. The molecule has 1 N–H and O–H groups in total. The molecule has 0 radical (unpaired) electrons. The Balaban J connectivity index is 2.38. The van der Waals surface area contributed by atoms with Crippen LogP contribution in [0.1, 0.15) is 29.6 Å². The van der Waals surface area contributed by atoms with Crippen LogP contribution < -0.4 is 0 Å². The Hall–Kier alpha value is -1.68. The predicted octanol–water partition coefficient (Wildman–Crippen LogP) is 2.34. The second-order valence-electron chi connectivity index (χ2n) is 4.07. The number of benzene rings is 1. The van der Waals surface area contributed by atoms with Gasteiger partial charge in [-0.05, 0) is 24.6 Å². The first-order valence-corrected chi connectivity index (χ1v) is 5.68. The van der Waals surface area contributed by atoms with Gasteiger partial charge in [0.1, 0.15) is 5.52 Å². The molecule has 0 saturated heterocycles. The molecule has 0 saturated carbocycles. The minimum absolute atomic E-state index is 0.0439. The van der Waals surface area contributed by atoms with Crippen LogP contribution in [0.3, 0.4) is 0 Å². The average molecular weight is 233 g/mol. The van der Waals surface area contributed by atoms with Crippen molar-refractivity contribution in [3.05, 3.63) is 29.7 Å². The third kappa shape index (κ3) is 2.22. The van der Waals surface area contributed by atoms with E-state index in [1.165, 1.54) is 0 Å². The zero-order valence-corrected chi connectivity index (χ0v) is 9.93. The van der Waals surface area contributed by atoms with E-state index >= 15 is 0 Å². The van der Waals surface area contributed by atoms with Crippen molar-refractivity contribution in [2.75, 3.05) is 6.61 Å². The van der Waals surface area contributed by atoms with Crippen molar-refractivity contribution in [3.8, 4) is 0 Å². The lowest BCUT2D eigenvalue weighted by atomic mass is 9.96. The van der Waals surface area contributed by atoms with E-state index in [4.69, 9.17) is 9.52 Å². The van der Waals surface area contributed by atoms with Crippen LogP contribution in [0, 0.1) is 12.8 Å². The maximum Gasteiger partial charge on any atom is 0.192 e. The molecule has 17 heavy (non-hydrogen) atoms. The van der Waals surface area contributed by atoms with E-state index in [0.29, 0.717) is 29.0 Å². The predicted molar refractivity (Wildman–Crippen MR) is 63.9 cm³/mol. The Morgan fingerprint density at radius 3 is 2.94 bits per heavy atom. The SMILES string of the molecule is CCC(CO)C(=O)c1ccc2oc(C)nc2c1. The van der Waals surface area contributed by atoms with Gasteiger partial charge in [0.25, 0.3) is 0 Å². The minimum Gasteiger partial charge on any atom is -0.441 e. The van der Waals surface area contributed by atoms with Gasteiger partial charge in [-0.3, -0.25) is 4.79 Å². The van der Waals surface area contributed by atoms with Crippen molar-refractivity contribution in [2.24, 2.45) is 5.92 Å². The normalized spacial score (nSPS) is 12.9. The van der Waals surface area contributed by atoms with Gasteiger partial charge in [0.2, 0.25) is 0 Å². The highest BCUT2D eigenvalue weighted by Gasteiger charge is 2.18. The summed E-state index contributed by atoms with van der Waals surface area (Å²) in [4.78, 5) is 16.2. The fraction of sp³-hybridized carbons (Fsp3) is 0.385. The summed E-state index contributed by atoms with van der Waals surface area (Å²) in [6, 6.07) is 5.17. The summed E-state index contributed by atoms with van der Waals surface area (Å²) in [6.45, 7) is 3.53. The highest BCUT2D eigenvalue weighted by atomic mass is 16.3. The number of aryl methyl sites for hydroxylation is 1. The number of hydrogen-bond acceptors (Lipinski definition) is 4. The van der Waals surface area contributed by atoms with Crippen molar-refractivity contribution >= 4 is 16.9 Å². The Labute approximate surface area is 99.3 Å². The minimum atomic E-state index is -0.333. The third-order valence-electron chi connectivity index (χ3n) is 2.86. The molecular weight excluding hydrogens is 218 g/mol. The van der Waals surface area contributed by atoms with Gasteiger partial charge in [-0.15, -0.1) is 0 Å². The van der Waals surface area contributed by atoms with Gasteiger partial charge in [0.05, 0.1) is 6.61 Å². The maximum atomic E-state index is 12.0. The lowest BCUT2D eigenvalue weighted by Crippen LogP contribution is -2.17. The summed E-state index contributed by atoms with van der Waals surface area (Å²) in [7, 11) is 0. The van der Waals surface area contributed by atoms with Gasteiger partial charge in [0.15, 0.2) is 17.3 Å². The number of aliphatic hydroxyl groups excluding tert-OH is 1. The van der Waals surface area contributed by atoms with Crippen molar-refractivity contribution in [1.82, 2.24) is 4.98 Å². The number of hydrogen-bond donors (Lipinski definition) is 1. The van der Waals surface area contributed by atoms with Crippen LogP contribution in [-0.2, 0) is 0 Å². The highest BCUT2D eigenvalue weighted by Crippen LogP contribution is 2.19. The highest BCUT2D eigenvalue weighted by molar-refractivity contribution is 6.00. The Bertz CT molecular complexity index is 541. The van der Waals surface area contributed by atoms with Gasteiger partial charge in [-0.25, -0.2) is 4.98 Å². The smallest absolute Gasteiger partial charge is 0.192 e. The fourth-order valence-electron chi connectivity index (χ4n) is 1.83. The summed E-state index contributed by atoms with van der Waals surface area (Å²) < 4.78 is 5.34. The number of aromatic nitrogens is 1. The molecule has 0 aliphatic heterocycles. The molecule has 0 aliphatic carbocycles. The standard InChI is InChI=1S/C13H15NO3/c1-3-9(7-15)13(16)10-4-5-12-11(6-10)14-8(2)17-12/h4-6,9,15H,3,7H2,1-2H3. The van der Waals surface area contributed by atoms with Gasteiger partial charge in [0, 0.05) is 18.4 Å². The van der Waals surface area contributed by atoms with E-state index in [2.05, 4.69) is 4.98 Å². The topological polar surface area (TPSA) is 63.3 Å². The van der Waals surface area contributed by atoms with E-state index in [0.717, 1.165) is 0 Å². The molecule has 2 aromatic rings. The number of aliphatic hydroxyl groups is 1. The van der Waals surface area contributed by atoms with Gasteiger partial charge < -0.3 is 9.52 Å². The first-order valence-electron chi connectivity index (χ1n) is 5.68. The number of ketones is 1. The molecule has 0 amide bonds. The van der Waals surface area contributed by atoms with E-state index < -0.39 is 0 Å². The molecule has 0 aliphatic rings. The van der Waals surface area contributed by atoms with Gasteiger partial charge in [-0.1, -0.05) is 6.92 Å². The van der Waals surface area contributed by atoms with Gasteiger partial charge in [-0.2, -0.15) is 0 Å². The van der Waals surface area contributed by atoms with Crippen LogP contribution in [0.15, 0.2) is 22.6 Å². The first kappa shape index (κ1) is 11.8. The molecule has 1 heterocycles. The number of carbonyl (C=O) groups excluding carboxylic acids is 1. The molecular formula is C13H15NO3. The number of oxazole rings is 1. The number of nitrogens with zero attached hydrogens (tertiary/aromatic N) is 1. The molecule has 90 valence electrons. The molecule has 2 rings (SSSR count). The van der Waals surface area contributed by atoms with Crippen LogP contribution in [0.25, 0.3) is 11.1 Å². The molecule has 0 fully saturated rings. The number of Topliss-reactive ketones (excluding diaryl/α,β-unsaturated/α-hetero) is 1. The van der Waals surface area contributed by atoms with E-state index in [1.54, 1.807) is 25.1 Å². The molecule has 1 atom stereocenters. The Kier molecular flexibility index (Phi) is 3.24. The van der Waals surface area contributed by atoms with Crippen LogP contribution in [-0.4, -0.2) is 22.5 Å². The largest absolute Gasteiger partial charge is 0.441 e. The lowest BCUT2D eigenvalue weighted by molar-refractivity contribution is 0.0856. The Morgan fingerprint density at radius 1 is 1.53 bits per heavy atom. The number of rotatable bonds is 4. The van der Waals surface area contributed by atoms with Crippen LogP contribution in [0.4, 0.5) is 0 Å². The summed E-state index contributed by atoms with van der Waals surface area (Å²) in [5.74, 6) is 0.205. The molecule has 1 unspecified atom stereocenters. The molecule has 1 aromatic carbocycles. The van der Waals surface area contributed by atoms with E-state index in [9.17, 15) is 4.79 Å². The van der Waals surface area contributed by atoms with Gasteiger partial charge >= 0.3 is 0 Å². The fourth-order valence-corrected chi connectivity index (χ4v) is 1.83. The third-order valence-corrected chi connectivity index (χ3v) is 2.86. The molecule has 4 nitrogen and oxygen atoms in total. The second kappa shape index (κ2) is 4.67. The number of fused-ring (bicyclic) bond motifs is 1. The quantitative estimate of drug-likeness (QED) is 0.823. The second-order valence-corrected chi connectivity index (χ2v) is 4.07.